The van der Waals surface area contributed by atoms with Gasteiger partial charge in [0, 0.05) is 22.8 Å². The molecule has 0 aliphatic carbocycles. The smallest absolute Gasteiger partial charge is 0.337 e. The summed E-state index contributed by atoms with van der Waals surface area (Å²) in [6, 6.07) is 9.98. The Morgan fingerprint density at radius 3 is 2.69 bits per heavy atom. The SMILES string of the molecule is COC(=O)c1cc(NC(=O)Cc2cccnc2)c2c(Cl)cc(Cl)cc2c1. The lowest BCUT2D eigenvalue weighted by atomic mass is 10.0. The second kappa shape index (κ2) is 7.72. The van der Waals surface area contributed by atoms with E-state index in [-0.39, 0.29) is 17.9 Å². The summed E-state index contributed by atoms with van der Waals surface area (Å²) < 4.78 is 4.78. The molecule has 0 aliphatic rings. The minimum Gasteiger partial charge on any atom is -0.465 e. The Balaban J connectivity index is 2.02. The molecule has 0 atom stereocenters. The van der Waals surface area contributed by atoms with Gasteiger partial charge >= 0.3 is 5.97 Å². The predicted molar refractivity (Wildman–Crippen MR) is 102 cm³/mol. The number of nitrogens with one attached hydrogen (secondary N) is 1. The molecule has 0 bridgehead atoms. The molecule has 7 heteroatoms. The number of rotatable bonds is 4. The van der Waals surface area contributed by atoms with E-state index >= 15 is 0 Å². The summed E-state index contributed by atoms with van der Waals surface area (Å²) >= 11 is 12.4. The zero-order chi connectivity index (χ0) is 18.7. The number of hydrogen-bond donors (Lipinski definition) is 1. The van der Waals surface area contributed by atoms with Crippen molar-refractivity contribution in [2.75, 3.05) is 12.4 Å². The highest BCUT2D eigenvalue weighted by molar-refractivity contribution is 6.40. The first kappa shape index (κ1) is 18.2. The first-order valence-corrected chi connectivity index (χ1v) is 8.43. The highest BCUT2D eigenvalue weighted by atomic mass is 35.5. The van der Waals surface area contributed by atoms with E-state index in [0.717, 1.165) is 5.56 Å². The maximum Gasteiger partial charge on any atom is 0.337 e. The monoisotopic (exact) mass is 388 g/mol. The number of pyridine rings is 1. The van der Waals surface area contributed by atoms with Gasteiger partial charge in [-0.05, 0) is 41.3 Å². The summed E-state index contributed by atoms with van der Waals surface area (Å²) in [4.78, 5) is 28.4. The Hall–Kier alpha value is -2.63. The number of nitrogens with zero attached hydrogens (tertiary/aromatic N) is 1. The third-order valence-corrected chi connectivity index (χ3v) is 4.26. The number of carbonyl (C=O) groups excluding carboxylic acids is 2. The Morgan fingerprint density at radius 2 is 2.00 bits per heavy atom. The quantitative estimate of drug-likeness (QED) is 0.667. The first-order chi connectivity index (χ1) is 12.5. The minimum absolute atomic E-state index is 0.142. The van der Waals surface area contributed by atoms with Crippen molar-refractivity contribution < 1.29 is 14.3 Å². The lowest BCUT2D eigenvalue weighted by Gasteiger charge is -2.13. The van der Waals surface area contributed by atoms with Gasteiger partial charge in [0.2, 0.25) is 5.91 Å². The van der Waals surface area contributed by atoms with Crippen LogP contribution < -0.4 is 5.32 Å². The van der Waals surface area contributed by atoms with E-state index in [4.69, 9.17) is 27.9 Å². The van der Waals surface area contributed by atoms with Crippen LogP contribution in [-0.2, 0) is 16.0 Å². The van der Waals surface area contributed by atoms with Gasteiger partial charge in [-0.15, -0.1) is 0 Å². The van der Waals surface area contributed by atoms with Crippen molar-refractivity contribution in [2.45, 2.75) is 6.42 Å². The second-order valence-corrected chi connectivity index (χ2v) is 6.43. The van der Waals surface area contributed by atoms with Gasteiger partial charge in [0.15, 0.2) is 0 Å². The van der Waals surface area contributed by atoms with E-state index < -0.39 is 5.97 Å². The number of esters is 1. The molecule has 0 radical (unpaired) electrons. The van der Waals surface area contributed by atoms with Gasteiger partial charge in [-0.3, -0.25) is 9.78 Å². The van der Waals surface area contributed by atoms with E-state index in [1.807, 2.05) is 6.07 Å². The standard InChI is InChI=1S/C19H14Cl2N2O3/c1-26-19(25)13-6-12-7-14(20)9-15(21)18(12)16(8-13)23-17(24)5-11-3-2-4-22-10-11/h2-4,6-10H,5H2,1H3,(H,23,24). The molecular formula is C19H14Cl2N2O3. The van der Waals surface area contributed by atoms with Crippen LogP contribution in [-0.4, -0.2) is 24.0 Å². The topological polar surface area (TPSA) is 68.3 Å². The summed E-state index contributed by atoms with van der Waals surface area (Å²) in [5.74, 6) is -0.780. The highest BCUT2D eigenvalue weighted by Crippen LogP contribution is 2.35. The van der Waals surface area contributed by atoms with E-state index in [2.05, 4.69) is 10.3 Å². The zero-order valence-corrected chi connectivity index (χ0v) is 15.3. The molecule has 3 aromatic rings. The van der Waals surface area contributed by atoms with Gasteiger partial charge in [0.1, 0.15) is 0 Å². The van der Waals surface area contributed by atoms with Crippen LogP contribution in [0.25, 0.3) is 10.8 Å². The van der Waals surface area contributed by atoms with Crippen LogP contribution in [0.15, 0.2) is 48.8 Å². The number of amides is 1. The third kappa shape index (κ3) is 3.95. The fraction of sp³-hybridized carbons (Fsp3) is 0.105. The summed E-state index contributed by atoms with van der Waals surface area (Å²) in [5, 5.41) is 4.84. The van der Waals surface area contributed by atoms with Crippen LogP contribution in [0.1, 0.15) is 15.9 Å². The number of hydrogen-bond acceptors (Lipinski definition) is 4. The number of anilines is 1. The average molecular weight is 389 g/mol. The Morgan fingerprint density at radius 1 is 1.19 bits per heavy atom. The molecule has 132 valence electrons. The number of ether oxygens (including phenoxy) is 1. The summed E-state index contributed by atoms with van der Waals surface area (Å²) in [6.07, 6.45) is 3.40. The van der Waals surface area contributed by atoms with Gasteiger partial charge in [0.25, 0.3) is 0 Å². The zero-order valence-electron chi connectivity index (χ0n) is 13.8. The molecule has 3 rings (SSSR count). The van der Waals surface area contributed by atoms with E-state index in [0.29, 0.717) is 26.5 Å². The number of aromatic nitrogens is 1. The largest absolute Gasteiger partial charge is 0.465 e. The van der Waals surface area contributed by atoms with Crippen molar-refractivity contribution in [2.24, 2.45) is 0 Å². The maximum absolute atomic E-state index is 12.4. The van der Waals surface area contributed by atoms with Crippen LogP contribution in [0.5, 0.6) is 0 Å². The molecule has 5 nitrogen and oxygen atoms in total. The van der Waals surface area contributed by atoms with Crippen molar-refractivity contribution in [3.8, 4) is 0 Å². The summed E-state index contributed by atoms with van der Waals surface area (Å²) in [5.41, 5.74) is 1.47. The Bertz CT molecular complexity index is 991. The average Bonchev–Trinajstić information content (AvgIpc) is 2.60. The molecular weight excluding hydrogens is 375 g/mol. The first-order valence-electron chi connectivity index (χ1n) is 7.68. The molecule has 2 aromatic carbocycles. The second-order valence-electron chi connectivity index (χ2n) is 5.59. The fourth-order valence-electron chi connectivity index (χ4n) is 2.65. The number of benzene rings is 2. The van der Waals surface area contributed by atoms with Crippen molar-refractivity contribution >= 4 is 51.5 Å². The fourth-order valence-corrected chi connectivity index (χ4v) is 3.26. The van der Waals surface area contributed by atoms with Gasteiger partial charge in [-0.1, -0.05) is 29.3 Å². The number of carbonyl (C=O) groups is 2. The molecule has 0 spiro atoms. The molecule has 1 amide bonds. The normalized spacial score (nSPS) is 10.6. The Kier molecular flexibility index (Phi) is 5.40. The Labute approximate surface area is 159 Å². The van der Waals surface area contributed by atoms with Gasteiger partial charge in [-0.2, -0.15) is 0 Å². The van der Waals surface area contributed by atoms with Gasteiger partial charge in [-0.25, -0.2) is 4.79 Å². The van der Waals surface area contributed by atoms with E-state index in [9.17, 15) is 9.59 Å². The molecule has 26 heavy (non-hydrogen) atoms. The molecule has 1 aromatic heterocycles. The van der Waals surface area contributed by atoms with Gasteiger partial charge in [0.05, 0.1) is 29.8 Å². The predicted octanol–water partition coefficient (Wildman–Crippen LogP) is 4.51. The van der Waals surface area contributed by atoms with Crippen LogP contribution >= 0.6 is 23.2 Å². The number of halogens is 2. The van der Waals surface area contributed by atoms with Crippen molar-refractivity contribution in [3.05, 3.63) is 70.0 Å². The number of methoxy groups -OCH3 is 1. The maximum atomic E-state index is 12.4. The third-order valence-electron chi connectivity index (χ3n) is 3.75. The molecule has 1 N–H and O–H groups in total. The van der Waals surface area contributed by atoms with Crippen LogP contribution in [0, 0.1) is 0 Å². The molecule has 0 unspecified atom stereocenters. The highest BCUT2D eigenvalue weighted by Gasteiger charge is 2.15. The lowest BCUT2D eigenvalue weighted by Crippen LogP contribution is -2.15. The molecule has 0 saturated carbocycles. The van der Waals surface area contributed by atoms with Crippen LogP contribution in [0.4, 0.5) is 5.69 Å². The minimum atomic E-state index is -0.522. The molecule has 0 fully saturated rings. The molecule has 0 saturated heterocycles. The molecule has 1 heterocycles. The van der Waals surface area contributed by atoms with Crippen LogP contribution in [0.3, 0.4) is 0 Å². The van der Waals surface area contributed by atoms with Crippen molar-refractivity contribution in [3.63, 3.8) is 0 Å². The van der Waals surface area contributed by atoms with E-state index in [1.54, 1.807) is 36.7 Å². The van der Waals surface area contributed by atoms with Crippen molar-refractivity contribution in [1.82, 2.24) is 4.98 Å². The summed E-state index contributed by atoms with van der Waals surface area (Å²) in [7, 11) is 1.29. The van der Waals surface area contributed by atoms with Gasteiger partial charge < -0.3 is 10.1 Å². The van der Waals surface area contributed by atoms with Crippen molar-refractivity contribution in [1.29, 1.82) is 0 Å². The molecule has 0 aliphatic heterocycles. The van der Waals surface area contributed by atoms with Crippen LogP contribution in [0.2, 0.25) is 10.0 Å². The summed E-state index contributed by atoms with van der Waals surface area (Å²) in [6.45, 7) is 0. The number of fused-ring (bicyclic) bond motifs is 1. The van der Waals surface area contributed by atoms with E-state index in [1.165, 1.54) is 13.2 Å². The lowest BCUT2D eigenvalue weighted by molar-refractivity contribution is -0.115.